The summed E-state index contributed by atoms with van der Waals surface area (Å²) in [6.07, 6.45) is 5.56. The van der Waals surface area contributed by atoms with Gasteiger partial charge in [-0.25, -0.2) is 0 Å². The number of aliphatic hydroxyl groups is 1. The molecule has 0 bridgehead atoms. The van der Waals surface area contributed by atoms with Gasteiger partial charge in [-0.1, -0.05) is 27.7 Å². The Morgan fingerprint density at radius 3 is 1.53 bits per heavy atom. The first-order valence-corrected chi connectivity index (χ1v) is 5.82. The second-order valence-corrected chi connectivity index (χ2v) is 6.09. The van der Waals surface area contributed by atoms with Gasteiger partial charge >= 0.3 is 0 Å². The zero-order valence-electron chi connectivity index (χ0n) is 11.3. The van der Waals surface area contributed by atoms with Crippen molar-refractivity contribution < 1.29 is 9.84 Å². The Morgan fingerprint density at radius 1 is 0.933 bits per heavy atom. The molecule has 0 spiro atoms. The molecule has 0 aromatic carbocycles. The Morgan fingerprint density at radius 2 is 1.27 bits per heavy atom. The Bertz CT molecular complexity index is 155. The lowest BCUT2D eigenvalue weighted by atomic mass is 9.81. The number of ether oxygens (including phenoxy) is 1. The number of aliphatic hydroxyl groups excluding tert-OH is 1. The van der Waals surface area contributed by atoms with E-state index in [9.17, 15) is 0 Å². The quantitative estimate of drug-likeness (QED) is 0.682. The molecule has 0 aliphatic heterocycles. The smallest absolute Gasteiger partial charge is 0.0581 e. The molecule has 1 saturated carbocycles. The molecule has 92 valence electrons. The van der Waals surface area contributed by atoms with Crippen LogP contribution < -0.4 is 0 Å². The molecule has 0 atom stereocenters. The van der Waals surface area contributed by atoms with Crippen LogP contribution >= 0.6 is 0 Å². The Balaban J connectivity index is 0.000000921. The van der Waals surface area contributed by atoms with Crippen molar-refractivity contribution in [3.05, 3.63) is 0 Å². The molecule has 1 N–H and O–H groups in total. The van der Waals surface area contributed by atoms with Crippen molar-refractivity contribution in [2.24, 2.45) is 10.8 Å². The minimum atomic E-state index is 0.465. The first kappa shape index (κ1) is 14.9. The van der Waals surface area contributed by atoms with Crippen LogP contribution in [0.3, 0.4) is 0 Å². The first-order valence-electron chi connectivity index (χ1n) is 5.82. The van der Waals surface area contributed by atoms with Crippen LogP contribution in [0.2, 0.25) is 0 Å². The van der Waals surface area contributed by atoms with Crippen LogP contribution in [0.1, 0.15) is 53.4 Å². The molecule has 0 unspecified atom stereocenters. The van der Waals surface area contributed by atoms with Crippen molar-refractivity contribution in [2.75, 3.05) is 14.2 Å². The summed E-state index contributed by atoms with van der Waals surface area (Å²) in [6.45, 7) is 9.45. The lowest BCUT2D eigenvalue weighted by molar-refractivity contribution is 0.0471. The lowest BCUT2D eigenvalue weighted by Crippen LogP contribution is -2.21. The van der Waals surface area contributed by atoms with E-state index in [0.717, 1.165) is 7.11 Å². The predicted octanol–water partition coefficient (Wildman–Crippen LogP) is 3.24. The number of hydrogen-bond donors (Lipinski definition) is 1. The van der Waals surface area contributed by atoms with Crippen molar-refractivity contribution in [3.63, 3.8) is 0 Å². The Labute approximate surface area is 95.0 Å². The second kappa shape index (κ2) is 5.86. The van der Waals surface area contributed by atoms with Gasteiger partial charge in [-0.15, -0.1) is 0 Å². The van der Waals surface area contributed by atoms with Gasteiger partial charge in [0, 0.05) is 14.2 Å². The van der Waals surface area contributed by atoms with E-state index < -0.39 is 0 Å². The highest BCUT2D eigenvalue weighted by atomic mass is 16.5. The monoisotopic (exact) mass is 216 g/mol. The van der Waals surface area contributed by atoms with Crippen molar-refractivity contribution >= 4 is 0 Å². The van der Waals surface area contributed by atoms with E-state index in [-0.39, 0.29) is 0 Å². The van der Waals surface area contributed by atoms with Crippen LogP contribution in [0.4, 0.5) is 0 Å². The fourth-order valence-electron chi connectivity index (χ4n) is 2.35. The largest absolute Gasteiger partial charge is 0.400 e. The normalized spacial score (nSPS) is 25.0. The van der Waals surface area contributed by atoms with Gasteiger partial charge in [0.25, 0.3) is 0 Å². The summed E-state index contributed by atoms with van der Waals surface area (Å²) in [7, 11) is 2.85. The first-order chi connectivity index (χ1) is 6.85. The third-order valence-corrected chi connectivity index (χ3v) is 3.37. The maximum absolute atomic E-state index is 7.00. The molecule has 0 aromatic heterocycles. The highest BCUT2D eigenvalue weighted by Gasteiger charge is 2.34. The molecule has 1 aliphatic rings. The molecule has 0 heterocycles. The molecule has 0 aromatic rings. The maximum Gasteiger partial charge on any atom is 0.0581 e. The summed E-state index contributed by atoms with van der Waals surface area (Å²) < 4.78 is 5.54. The van der Waals surface area contributed by atoms with Gasteiger partial charge in [0.15, 0.2) is 0 Å². The molecule has 0 radical (unpaired) electrons. The SMILES string of the molecule is CO.COC1CC(C)(C)CCC(C)(C)C1. The van der Waals surface area contributed by atoms with Crippen LogP contribution in [-0.4, -0.2) is 25.4 Å². The van der Waals surface area contributed by atoms with E-state index in [1.165, 1.54) is 25.7 Å². The van der Waals surface area contributed by atoms with E-state index in [4.69, 9.17) is 9.84 Å². The summed E-state index contributed by atoms with van der Waals surface area (Å²) in [5.41, 5.74) is 0.933. The molecule has 2 heteroatoms. The summed E-state index contributed by atoms with van der Waals surface area (Å²) >= 11 is 0. The molecule has 1 fully saturated rings. The standard InChI is InChI=1S/C12H24O.CH4O/c1-11(2)6-7-12(3,4)9-10(8-11)13-5;1-2/h10H,6-9H2,1-5H3;2H,1H3. The van der Waals surface area contributed by atoms with Gasteiger partial charge in [0.1, 0.15) is 0 Å². The minimum Gasteiger partial charge on any atom is -0.400 e. The average Bonchev–Trinajstić information content (AvgIpc) is 2.26. The van der Waals surface area contributed by atoms with Crippen LogP contribution in [0.25, 0.3) is 0 Å². The number of hydrogen-bond acceptors (Lipinski definition) is 2. The van der Waals surface area contributed by atoms with Gasteiger partial charge in [0.05, 0.1) is 6.10 Å². The molecule has 2 nitrogen and oxygen atoms in total. The molecule has 0 amide bonds. The lowest BCUT2D eigenvalue weighted by Gasteiger charge is -2.25. The predicted molar refractivity (Wildman–Crippen MR) is 65.0 cm³/mol. The molecular weight excluding hydrogens is 188 g/mol. The Hall–Kier alpha value is -0.0800. The molecule has 0 saturated heterocycles. The van der Waals surface area contributed by atoms with Gasteiger partial charge in [-0.2, -0.15) is 0 Å². The minimum absolute atomic E-state index is 0.465. The van der Waals surface area contributed by atoms with E-state index in [2.05, 4.69) is 27.7 Å². The zero-order chi connectivity index (χ0) is 12.1. The van der Waals surface area contributed by atoms with Crippen molar-refractivity contribution in [2.45, 2.75) is 59.5 Å². The van der Waals surface area contributed by atoms with Gasteiger partial charge < -0.3 is 9.84 Å². The van der Waals surface area contributed by atoms with Crippen LogP contribution in [0, 0.1) is 10.8 Å². The summed E-state index contributed by atoms with van der Waals surface area (Å²) in [6, 6.07) is 0. The number of methoxy groups -OCH3 is 1. The van der Waals surface area contributed by atoms with Crippen LogP contribution in [0.15, 0.2) is 0 Å². The summed E-state index contributed by atoms with van der Waals surface area (Å²) in [4.78, 5) is 0. The molecule has 15 heavy (non-hydrogen) atoms. The second-order valence-electron chi connectivity index (χ2n) is 6.09. The number of rotatable bonds is 1. The van der Waals surface area contributed by atoms with E-state index in [1.54, 1.807) is 0 Å². The zero-order valence-corrected chi connectivity index (χ0v) is 11.3. The average molecular weight is 216 g/mol. The van der Waals surface area contributed by atoms with Crippen molar-refractivity contribution in [1.82, 2.24) is 0 Å². The van der Waals surface area contributed by atoms with E-state index in [0.29, 0.717) is 16.9 Å². The molecular formula is C13H28O2. The van der Waals surface area contributed by atoms with E-state index in [1.807, 2.05) is 7.11 Å². The van der Waals surface area contributed by atoms with Crippen molar-refractivity contribution in [1.29, 1.82) is 0 Å². The highest BCUT2D eigenvalue weighted by molar-refractivity contribution is 4.85. The third-order valence-electron chi connectivity index (χ3n) is 3.37. The van der Waals surface area contributed by atoms with E-state index >= 15 is 0 Å². The fourth-order valence-corrected chi connectivity index (χ4v) is 2.35. The summed E-state index contributed by atoms with van der Waals surface area (Å²) in [5.74, 6) is 0. The van der Waals surface area contributed by atoms with Crippen molar-refractivity contribution in [3.8, 4) is 0 Å². The fraction of sp³-hybridized carbons (Fsp3) is 1.00. The van der Waals surface area contributed by atoms with Crippen LogP contribution in [0.5, 0.6) is 0 Å². The van der Waals surface area contributed by atoms with Crippen LogP contribution in [-0.2, 0) is 4.74 Å². The topological polar surface area (TPSA) is 29.5 Å². The van der Waals surface area contributed by atoms with Gasteiger partial charge in [-0.05, 0) is 36.5 Å². The molecule has 1 aliphatic carbocycles. The van der Waals surface area contributed by atoms with Gasteiger partial charge in [0.2, 0.25) is 0 Å². The highest BCUT2D eigenvalue weighted by Crippen LogP contribution is 2.42. The third kappa shape index (κ3) is 5.53. The van der Waals surface area contributed by atoms with Gasteiger partial charge in [-0.3, -0.25) is 0 Å². The Kier molecular flexibility index (Phi) is 5.82. The maximum atomic E-state index is 7.00. The molecule has 1 rings (SSSR count). The summed E-state index contributed by atoms with van der Waals surface area (Å²) in [5, 5.41) is 7.00.